The fourth-order valence-corrected chi connectivity index (χ4v) is 2.39. The minimum absolute atomic E-state index is 0.0687. The number of carbonyl (C=O) groups excluding carboxylic acids is 2. The van der Waals surface area contributed by atoms with E-state index in [1.165, 1.54) is 15.9 Å². The summed E-state index contributed by atoms with van der Waals surface area (Å²) < 4.78 is 7.02. The monoisotopic (exact) mass is 380 g/mol. The Morgan fingerprint density at radius 3 is 2.68 bits per heavy atom. The van der Waals surface area contributed by atoms with Crippen molar-refractivity contribution in [1.82, 2.24) is 25.1 Å². The van der Waals surface area contributed by atoms with Gasteiger partial charge < -0.3 is 15.0 Å². The van der Waals surface area contributed by atoms with Crippen molar-refractivity contribution in [2.45, 2.75) is 6.92 Å². The van der Waals surface area contributed by atoms with Crippen LogP contribution in [0.2, 0.25) is 0 Å². The molecule has 1 N–H and O–H groups in total. The van der Waals surface area contributed by atoms with E-state index in [0.29, 0.717) is 17.1 Å². The Morgan fingerprint density at radius 2 is 1.96 bits per heavy atom. The number of rotatable bonds is 7. The van der Waals surface area contributed by atoms with Crippen LogP contribution >= 0.6 is 0 Å². The number of carbonyl (C=O) groups is 2. The predicted molar refractivity (Wildman–Crippen MR) is 102 cm³/mol. The molecular weight excluding hydrogens is 360 g/mol. The Morgan fingerprint density at radius 1 is 1.18 bits per heavy atom. The van der Waals surface area contributed by atoms with Gasteiger partial charge in [-0.3, -0.25) is 9.59 Å². The number of hydrogen-bond acceptors (Lipinski definition) is 6. The lowest BCUT2D eigenvalue weighted by Crippen LogP contribution is -2.37. The molecule has 0 atom stereocenters. The molecule has 0 aliphatic carbocycles. The van der Waals surface area contributed by atoms with Crippen LogP contribution < -0.4 is 10.1 Å². The van der Waals surface area contributed by atoms with Crippen molar-refractivity contribution < 1.29 is 14.3 Å². The maximum Gasteiger partial charge on any atom is 0.260 e. The normalized spacial score (nSPS) is 10.4. The number of ether oxygens (including phenoxy) is 1. The van der Waals surface area contributed by atoms with Crippen LogP contribution in [0.3, 0.4) is 0 Å². The first-order valence-electron chi connectivity index (χ1n) is 8.58. The SMILES string of the molecule is Cc1ccc(NC(=O)CN(C)C(=O)COc2cccc(-n3cnnn3)c2)cc1. The van der Waals surface area contributed by atoms with Crippen LogP contribution in [0.1, 0.15) is 5.56 Å². The molecule has 1 heterocycles. The molecule has 0 aliphatic heterocycles. The highest BCUT2D eigenvalue weighted by Gasteiger charge is 2.14. The first-order chi connectivity index (χ1) is 13.5. The van der Waals surface area contributed by atoms with Gasteiger partial charge in [-0.2, -0.15) is 0 Å². The van der Waals surface area contributed by atoms with Crippen LogP contribution in [0.4, 0.5) is 5.69 Å². The van der Waals surface area contributed by atoms with Gasteiger partial charge >= 0.3 is 0 Å². The van der Waals surface area contributed by atoms with E-state index in [1.807, 2.05) is 37.3 Å². The Labute approximate surface area is 161 Å². The fourth-order valence-electron chi connectivity index (χ4n) is 2.39. The largest absolute Gasteiger partial charge is 0.484 e. The number of likely N-dealkylation sites (N-methyl/N-ethyl adjacent to an activating group) is 1. The van der Waals surface area contributed by atoms with Gasteiger partial charge in [-0.25, -0.2) is 4.68 Å². The van der Waals surface area contributed by atoms with Gasteiger partial charge in [-0.05, 0) is 41.6 Å². The zero-order valence-corrected chi connectivity index (χ0v) is 15.6. The maximum atomic E-state index is 12.2. The lowest BCUT2D eigenvalue weighted by atomic mass is 10.2. The standard InChI is InChI=1S/C19H20N6O3/c1-14-6-8-15(9-7-14)21-18(26)11-24(2)19(27)12-28-17-5-3-4-16(10-17)25-13-20-22-23-25/h3-10,13H,11-12H2,1-2H3,(H,21,26). The third-order valence-electron chi connectivity index (χ3n) is 3.94. The number of benzene rings is 2. The Balaban J connectivity index is 1.49. The lowest BCUT2D eigenvalue weighted by Gasteiger charge is -2.17. The number of amides is 2. The van der Waals surface area contributed by atoms with E-state index < -0.39 is 0 Å². The third kappa shape index (κ3) is 5.13. The molecule has 0 saturated heterocycles. The van der Waals surface area contributed by atoms with Crippen molar-refractivity contribution >= 4 is 17.5 Å². The van der Waals surface area contributed by atoms with Gasteiger partial charge in [0.2, 0.25) is 5.91 Å². The summed E-state index contributed by atoms with van der Waals surface area (Å²) >= 11 is 0. The number of aryl methyl sites for hydroxylation is 1. The molecule has 0 unspecified atom stereocenters. The summed E-state index contributed by atoms with van der Waals surface area (Å²) in [5.41, 5.74) is 2.50. The molecule has 0 saturated carbocycles. The molecule has 0 radical (unpaired) electrons. The molecule has 2 aromatic carbocycles. The van der Waals surface area contributed by atoms with E-state index in [0.717, 1.165) is 5.56 Å². The molecule has 0 bridgehead atoms. The minimum Gasteiger partial charge on any atom is -0.484 e. The van der Waals surface area contributed by atoms with Gasteiger partial charge in [0.1, 0.15) is 12.1 Å². The third-order valence-corrected chi connectivity index (χ3v) is 3.94. The van der Waals surface area contributed by atoms with Crippen LogP contribution in [-0.2, 0) is 9.59 Å². The van der Waals surface area contributed by atoms with Crippen LogP contribution in [-0.4, -0.2) is 57.1 Å². The molecule has 1 aromatic heterocycles. The highest BCUT2D eigenvalue weighted by Crippen LogP contribution is 2.15. The molecular formula is C19H20N6O3. The summed E-state index contributed by atoms with van der Waals surface area (Å²) in [7, 11) is 1.55. The summed E-state index contributed by atoms with van der Waals surface area (Å²) in [6.07, 6.45) is 1.46. The summed E-state index contributed by atoms with van der Waals surface area (Å²) in [5, 5.41) is 13.7. The van der Waals surface area contributed by atoms with Gasteiger partial charge in [0, 0.05) is 18.8 Å². The molecule has 144 valence electrons. The zero-order valence-electron chi connectivity index (χ0n) is 15.6. The highest BCUT2D eigenvalue weighted by atomic mass is 16.5. The average Bonchev–Trinajstić information content (AvgIpc) is 3.23. The first kappa shape index (κ1) is 19.0. The van der Waals surface area contributed by atoms with E-state index in [-0.39, 0.29) is 25.0 Å². The van der Waals surface area contributed by atoms with E-state index in [1.54, 1.807) is 25.2 Å². The lowest BCUT2D eigenvalue weighted by molar-refractivity contribution is -0.135. The highest BCUT2D eigenvalue weighted by molar-refractivity contribution is 5.94. The van der Waals surface area contributed by atoms with E-state index in [9.17, 15) is 9.59 Å². The number of aromatic nitrogens is 4. The molecule has 3 rings (SSSR count). The van der Waals surface area contributed by atoms with Gasteiger partial charge in [0.05, 0.1) is 12.2 Å². The molecule has 28 heavy (non-hydrogen) atoms. The zero-order chi connectivity index (χ0) is 19.9. The van der Waals surface area contributed by atoms with Gasteiger partial charge in [-0.1, -0.05) is 23.8 Å². The van der Waals surface area contributed by atoms with Crippen molar-refractivity contribution in [3.8, 4) is 11.4 Å². The first-order valence-corrected chi connectivity index (χ1v) is 8.58. The van der Waals surface area contributed by atoms with Gasteiger partial charge in [0.15, 0.2) is 6.61 Å². The van der Waals surface area contributed by atoms with Gasteiger partial charge in [-0.15, -0.1) is 5.10 Å². The van der Waals surface area contributed by atoms with Crippen molar-refractivity contribution in [1.29, 1.82) is 0 Å². The van der Waals surface area contributed by atoms with Crippen LogP contribution in [0.5, 0.6) is 5.75 Å². The number of tetrazole rings is 1. The fraction of sp³-hybridized carbons (Fsp3) is 0.211. The summed E-state index contributed by atoms with van der Waals surface area (Å²) in [4.78, 5) is 25.7. The number of nitrogens with one attached hydrogen (secondary N) is 1. The van der Waals surface area contributed by atoms with Crippen LogP contribution in [0, 0.1) is 6.92 Å². The summed E-state index contributed by atoms with van der Waals surface area (Å²) in [5.74, 6) is -0.0916. The number of nitrogens with zero attached hydrogens (tertiary/aromatic N) is 5. The summed E-state index contributed by atoms with van der Waals surface area (Å²) in [6, 6.07) is 14.5. The quantitative estimate of drug-likeness (QED) is 0.666. The van der Waals surface area contributed by atoms with Crippen molar-refractivity contribution in [3.63, 3.8) is 0 Å². The van der Waals surface area contributed by atoms with Crippen LogP contribution in [0.25, 0.3) is 5.69 Å². The van der Waals surface area contributed by atoms with E-state index in [4.69, 9.17) is 4.74 Å². The number of hydrogen-bond donors (Lipinski definition) is 1. The van der Waals surface area contributed by atoms with Crippen LogP contribution in [0.15, 0.2) is 54.9 Å². The minimum atomic E-state index is -0.313. The van der Waals surface area contributed by atoms with E-state index >= 15 is 0 Å². The smallest absolute Gasteiger partial charge is 0.260 e. The van der Waals surface area contributed by atoms with Gasteiger partial charge in [0.25, 0.3) is 5.91 Å². The van der Waals surface area contributed by atoms with Crippen molar-refractivity contribution in [2.24, 2.45) is 0 Å². The Kier molecular flexibility index (Phi) is 5.95. The van der Waals surface area contributed by atoms with E-state index in [2.05, 4.69) is 20.8 Å². The Hall–Kier alpha value is -3.75. The maximum absolute atomic E-state index is 12.2. The summed E-state index contributed by atoms with van der Waals surface area (Å²) in [6.45, 7) is 1.71. The second-order valence-corrected chi connectivity index (χ2v) is 6.20. The second kappa shape index (κ2) is 8.76. The average molecular weight is 380 g/mol. The molecule has 0 fully saturated rings. The molecule has 0 aliphatic rings. The molecule has 2 amide bonds. The predicted octanol–water partition coefficient (Wildman–Crippen LogP) is 1.45. The topological polar surface area (TPSA) is 102 Å². The molecule has 0 spiro atoms. The number of anilines is 1. The van der Waals surface area contributed by atoms with Crippen molar-refractivity contribution in [2.75, 3.05) is 25.5 Å². The Bertz CT molecular complexity index is 941. The molecule has 9 heteroatoms. The second-order valence-electron chi connectivity index (χ2n) is 6.20. The van der Waals surface area contributed by atoms with Crippen molar-refractivity contribution in [3.05, 3.63) is 60.4 Å². The molecule has 9 nitrogen and oxygen atoms in total. The molecule has 3 aromatic rings.